The van der Waals surface area contributed by atoms with Gasteiger partial charge < -0.3 is 14.6 Å². The fourth-order valence-corrected chi connectivity index (χ4v) is 4.42. The van der Waals surface area contributed by atoms with Gasteiger partial charge in [0.2, 0.25) is 11.2 Å². The summed E-state index contributed by atoms with van der Waals surface area (Å²) in [6, 6.07) is 0. The molecule has 1 heterocycles. The molecule has 2 aliphatic rings. The third-order valence-corrected chi connectivity index (χ3v) is 5.91. The number of esters is 1. The number of ether oxygens (including phenoxy) is 2. The molecule has 1 saturated carbocycles. The van der Waals surface area contributed by atoms with Gasteiger partial charge in [0.1, 0.15) is 0 Å². The van der Waals surface area contributed by atoms with Crippen LogP contribution in [0.5, 0.6) is 0 Å². The smallest absolute Gasteiger partial charge is 0.423 e. The van der Waals surface area contributed by atoms with Crippen LogP contribution in [-0.4, -0.2) is 46.2 Å². The molecule has 0 amide bonds. The van der Waals surface area contributed by atoms with Crippen LogP contribution in [0.4, 0.5) is 30.7 Å². The Hall–Kier alpha value is -2.05. The van der Waals surface area contributed by atoms with Crippen molar-refractivity contribution in [3.05, 3.63) is 23.1 Å². The number of azide groups is 1. The van der Waals surface area contributed by atoms with Crippen molar-refractivity contribution in [3.8, 4) is 0 Å². The summed E-state index contributed by atoms with van der Waals surface area (Å²) >= 11 is 0. The summed E-state index contributed by atoms with van der Waals surface area (Å²) in [7, 11) is 0. The first-order valence-corrected chi connectivity index (χ1v) is 9.30. The Morgan fingerprint density at radius 3 is 2.23 bits per heavy atom. The summed E-state index contributed by atoms with van der Waals surface area (Å²) in [6.07, 6.45) is -7.91. The van der Waals surface area contributed by atoms with E-state index < -0.39 is 66.3 Å². The minimum Gasteiger partial charge on any atom is -0.442 e. The number of carbonyl (C=O) groups is 1. The minimum absolute atomic E-state index is 0.0656. The van der Waals surface area contributed by atoms with E-state index in [0.717, 1.165) is 0 Å². The minimum atomic E-state index is -6.05. The van der Waals surface area contributed by atoms with Gasteiger partial charge in [-0.1, -0.05) is 32.8 Å². The normalized spacial score (nSPS) is 35.6. The van der Waals surface area contributed by atoms with E-state index in [4.69, 9.17) is 5.53 Å². The van der Waals surface area contributed by atoms with Crippen molar-refractivity contribution < 1.29 is 50.1 Å². The number of rotatable bonds is 5. The van der Waals surface area contributed by atoms with Gasteiger partial charge in [-0.15, -0.1) is 0 Å². The third kappa shape index (κ3) is 3.18. The summed E-state index contributed by atoms with van der Waals surface area (Å²) in [5, 5.41) is 12.5. The Labute approximate surface area is 171 Å². The summed E-state index contributed by atoms with van der Waals surface area (Å²) < 4.78 is 113. The van der Waals surface area contributed by atoms with Crippen molar-refractivity contribution in [3.63, 3.8) is 0 Å². The largest absolute Gasteiger partial charge is 0.442 e. The van der Waals surface area contributed by atoms with Crippen molar-refractivity contribution in [2.75, 3.05) is 0 Å². The molecule has 0 radical (unpaired) electrons. The van der Waals surface area contributed by atoms with Crippen molar-refractivity contribution in [1.29, 1.82) is 0 Å². The summed E-state index contributed by atoms with van der Waals surface area (Å²) in [5.74, 6) is -19.8. The highest BCUT2D eigenvalue weighted by atomic mass is 19.4. The Kier molecular flexibility index (Phi) is 6.36. The van der Waals surface area contributed by atoms with Gasteiger partial charge in [-0.05, 0) is 29.9 Å². The van der Waals surface area contributed by atoms with Crippen LogP contribution in [0.2, 0.25) is 0 Å². The average Bonchev–Trinajstić information content (AvgIpc) is 2.68. The van der Waals surface area contributed by atoms with E-state index in [1.54, 1.807) is 0 Å². The Balaban J connectivity index is 3.03. The molecule has 14 heteroatoms. The first-order valence-electron chi connectivity index (χ1n) is 9.30. The Bertz CT molecular complexity index is 780. The maximum absolute atomic E-state index is 15.8. The van der Waals surface area contributed by atoms with Gasteiger partial charge in [0.05, 0.1) is 0 Å². The molecule has 1 N–H and O–H groups in total. The van der Waals surface area contributed by atoms with Gasteiger partial charge in [0, 0.05) is 16.9 Å². The van der Waals surface area contributed by atoms with Crippen molar-refractivity contribution in [2.24, 2.45) is 11.0 Å². The maximum atomic E-state index is 15.8. The Morgan fingerprint density at radius 2 is 1.81 bits per heavy atom. The second-order valence-electron chi connectivity index (χ2n) is 7.42. The lowest BCUT2D eigenvalue weighted by molar-refractivity contribution is -0.525. The zero-order chi connectivity index (χ0) is 23.9. The van der Waals surface area contributed by atoms with E-state index in [2.05, 4.69) is 21.2 Å². The molecular weight excluding hydrogens is 443 g/mol. The van der Waals surface area contributed by atoms with Gasteiger partial charge in [0.15, 0.2) is 0 Å². The molecule has 1 aliphatic heterocycles. The fraction of sp³-hybridized carbons (Fsp3) is 0.824. The zero-order valence-corrected chi connectivity index (χ0v) is 16.3. The molecule has 0 aromatic carbocycles. The van der Waals surface area contributed by atoms with Crippen LogP contribution in [0.25, 0.3) is 10.4 Å². The Morgan fingerprint density at radius 1 is 1.26 bits per heavy atom. The van der Waals surface area contributed by atoms with Crippen molar-refractivity contribution in [1.82, 2.24) is 0 Å². The fourth-order valence-electron chi connectivity index (χ4n) is 4.42. The molecule has 2 fully saturated rings. The summed E-state index contributed by atoms with van der Waals surface area (Å²) in [4.78, 5) is 13.8. The van der Waals surface area contributed by atoms with Crippen LogP contribution >= 0.6 is 0 Å². The molecule has 0 aromatic rings. The number of hydrogen-bond donors (Lipinski definition) is 1. The van der Waals surface area contributed by atoms with Gasteiger partial charge in [-0.3, -0.25) is 0 Å². The molecule has 1 saturated heterocycles. The van der Waals surface area contributed by atoms with Crippen LogP contribution in [0.15, 0.2) is 17.8 Å². The van der Waals surface area contributed by atoms with Gasteiger partial charge >= 0.3 is 29.9 Å². The zero-order valence-electron chi connectivity index (χ0n) is 16.3. The lowest BCUT2D eigenvalue weighted by Crippen LogP contribution is -2.86. The predicted octanol–water partition coefficient (Wildman–Crippen LogP) is 5.00. The standard InChI is InChI=1S/C17H20F7N3O4/c1-3-11(28)30-13(10-8-6-5-7-9-10)14(18,19)12(4-2,16(22,23)24)31-17(29,26-27-25)15(13,20)21/h3,10,29H,1,4-9H2,2H3. The lowest BCUT2D eigenvalue weighted by atomic mass is 9.62. The molecule has 31 heavy (non-hydrogen) atoms. The molecule has 0 spiro atoms. The highest BCUT2D eigenvalue weighted by Gasteiger charge is 2.94. The van der Waals surface area contributed by atoms with E-state index in [1.165, 1.54) is 0 Å². The summed E-state index contributed by atoms with van der Waals surface area (Å²) in [6.45, 7) is 3.47. The topological polar surface area (TPSA) is 105 Å². The molecule has 1 aliphatic carbocycles. The molecule has 2 rings (SSSR count). The quantitative estimate of drug-likeness (QED) is 0.155. The second kappa shape index (κ2) is 7.82. The van der Waals surface area contributed by atoms with Crippen LogP contribution < -0.4 is 0 Å². The van der Waals surface area contributed by atoms with Crippen LogP contribution in [0.1, 0.15) is 45.4 Å². The van der Waals surface area contributed by atoms with E-state index in [1.807, 2.05) is 4.91 Å². The third-order valence-electron chi connectivity index (χ3n) is 5.91. The van der Waals surface area contributed by atoms with Gasteiger partial charge in [-0.25, -0.2) is 4.79 Å². The van der Waals surface area contributed by atoms with Crippen LogP contribution in [0, 0.1) is 5.92 Å². The molecule has 0 bridgehead atoms. The number of halogens is 7. The van der Waals surface area contributed by atoms with E-state index in [9.17, 15) is 23.1 Å². The highest BCUT2D eigenvalue weighted by molar-refractivity contribution is 5.82. The van der Waals surface area contributed by atoms with Gasteiger partial charge in [0.25, 0.3) is 0 Å². The highest BCUT2D eigenvalue weighted by Crippen LogP contribution is 2.68. The lowest BCUT2D eigenvalue weighted by Gasteiger charge is -2.61. The molecule has 3 unspecified atom stereocenters. The van der Waals surface area contributed by atoms with E-state index in [-0.39, 0.29) is 18.9 Å². The number of aliphatic hydroxyl groups is 1. The first kappa shape index (κ1) is 25.2. The van der Waals surface area contributed by atoms with Crippen LogP contribution in [0.3, 0.4) is 0 Å². The van der Waals surface area contributed by atoms with Crippen molar-refractivity contribution in [2.45, 2.75) is 80.6 Å². The van der Waals surface area contributed by atoms with E-state index >= 15 is 17.6 Å². The van der Waals surface area contributed by atoms with Gasteiger partial charge in [-0.2, -0.15) is 30.7 Å². The second-order valence-corrected chi connectivity index (χ2v) is 7.42. The maximum Gasteiger partial charge on any atom is 0.423 e. The molecular formula is C17H20F7N3O4. The number of nitrogens with zero attached hydrogens (tertiary/aromatic N) is 3. The molecule has 0 aromatic heterocycles. The summed E-state index contributed by atoms with van der Waals surface area (Å²) in [5.41, 5.74) is -0.739. The number of hydrogen-bond acceptors (Lipinski definition) is 5. The first-order chi connectivity index (χ1) is 14.1. The van der Waals surface area contributed by atoms with Crippen molar-refractivity contribution >= 4 is 5.97 Å². The predicted molar refractivity (Wildman–Crippen MR) is 89.7 cm³/mol. The number of alkyl halides is 7. The van der Waals surface area contributed by atoms with Crippen LogP contribution in [-0.2, 0) is 14.3 Å². The van der Waals surface area contributed by atoms with E-state index in [0.29, 0.717) is 13.3 Å². The average molecular weight is 463 g/mol. The monoisotopic (exact) mass is 463 g/mol. The molecule has 3 atom stereocenters. The molecule has 176 valence electrons. The SMILES string of the molecule is C=CC(=O)OC1(C2CCCCC2)C(F)(F)C(O)(N=[N+]=[N-])OC(CC)(C(F)(F)F)C1(F)F. The number of carbonyl (C=O) groups excluding carboxylic acids is 1. The molecule has 7 nitrogen and oxygen atoms in total.